The maximum atomic E-state index is 11.0. The molecule has 0 heterocycles. The van der Waals surface area contributed by atoms with Gasteiger partial charge in [-0.3, -0.25) is 0 Å². The average Bonchev–Trinajstić information content (AvgIpc) is 2.01. The zero-order valence-electron chi connectivity index (χ0n) is 6.63. The highest BCUT2D eigenvalue weighted by Crippen LogP contribution is 2.15. The van der Waals surface area contributed by atoms with Crippen LogP contribution in [0.25, 0.3) is 0 Å². The number of carbonyl (C=O) groups is 1. The van der Waals surface area contributed by atoms with Gasteiger partial charge in [0.05, 0.1) is 12.7 Å². The first kappa shape index (κ1) is 9.26. The Hall–Kier alpha value is -0.830. The summed E-state index contributed by atoms with van der Waals surface area (Å²) < 4.78 is 5.39. The summed E-state index contributed by atoms with van der Waals surface area (Å²) >= 11 is 3.26. The molecule has 0 spiro atoms. The van der Waals surface area contributed by atoms with E-state index in [1.165, 1.54) is 7.11 Å². The van der Waals surface area contributed by atoms with Crippen LogP contribution in [0.3, 0.4) is 0 Å². The molecule has 3 heteroatoms. The van der Waals surface area contributed by atoms with Gasteiger partial charge < -0.3 is 4.74 Å². The number of halogens is 1. The number of esters is 1. The van der Waals surface area contributed by atoms with E-state index >= 15 is 0 Å². The van der Waals surface area contributed by atoms with Crippen molar-refractivity contribution < 1.29 is 9.53 Å². The summed E-state index contributed by atoms with van der Waals surface area (Å²) in [7, 11) is 1.35. The molecule has 12 heavy (non-hydrogen) atoms. The van der Waals surface area contributed by atoms with Crippen LogP contribution in [0.1, 0.15) is 15.9 Å². The van der Waals surface area contributed by atoms with E-state index in [1.54, 1.807) is 12.1 Å². The summed E-state index contributed by atoms with van der Waals surface area (Å²) in [4.78, 5) is 11.0. The van der Waals surface area contributed by atoms with Crippen LogP contribution in [0.15, 0.2) is 22.7 Å². The highest BCUT2D eigenvalue weighted by molar-refractivity contribution is 9.10. The molecule has 1 rings (SSSR count). The number of ether oxygens (including phenoxy) is 1. The van der Waals surface area contributed by atoms with Crippen molar-refractivity contribution in [2.24, 2.45) is 0 Å². The van der Waals surface area contributed by atoms with E-state index in [0.29, 0.717) is 5.56 Å². The number of hydrogen-bond acceptors (Lipinski definition) is 2. The van der Waals surface area contributed by atoms with Gasteiger partial charge in [0.2, 0.25) is 0 Å². The Balaban J connectivity index is 3.08. The highest BCUT2D eigenvalue weighted by Gasteiger charge is 2.05. The summed E-state index contributed by atoms with van der Waals surface area (Å²) in [6.45, 7) is 3.72. The van der Waals surface area contributed by atoms with E-state index in [1.807, 2.05) is 6.07 Å². The van der Waals surface area contributed by atoms with Gasteiger partial charge >= 0.3 is 5.97 Å². The lowest BCUT2D eigenvalue weighted by Crippen LogP contribution is -2.01. The van der Waals surface area contributed by atoms with Crippen LogP contribution in [0, 0.1) is 6.92 Å². The van der Waals surface area contributed by atoms with Gasteiger partial charge in [0.25, 0.3) is 0 Å². The molecule has 0 fully saturated rings. The van der Waals surface area contributed by atoms with Crippen LogP contribution in [-0.4, -0.2) is 13.1 Å². The lowest BCUT2D eigenvalue weighted by atomic mass is 10.1. The molecular formula is C9H8BrO2. The molecule has 0 saturated carbocycles. The molecule has 0 atom stereocenters. The lowest BCUT2D eigenvalue weighted by Gasteiger charge is -2.00. The van der Waals surface area contributed by atoms with Gasteiger partial charge in [0.1, 0.15) is 0 Å². The first-order valence-corrected chi connectivity index (χ1v) is 4.13. The standard InChI is InChI=1S/C9H8BrO2/c1-6-3-7(9(11)12-2)5-8(10)4-6/h3-5H,1H2,2H3. The Morgan fingerprint density at radius 2 is 2.17 bits per heavy atom. The van der Waals surface area contributed by atoms with Crippen LogP contribution >= 0.6 is 15.9 Å². The van der Waals surface area contributed by atoms with E-state index in [-0.39, 0.29) is 5.97 Å². The molecule has 63 valence electrons. The second-order valence-electron chi connectivity index (χ2n) is 2.34. The smallest absolute Gasteiger partial charge is 0.337 e. The summed E-state index contributed by atoms with van der Waals surface area (Å²) in [6, 6.07) is 5.20. The second kappa shape index (κ2) is 3.72. The third-order valence-electron chi connectivity index (χ3n) is 1.38. The molecular weight excluding hydrogens is 220 g/mol. The Kier molecular flexibility index (Phi) is 2.87. The molecule has 0 saturated heterocycles. The molecule has 0 N–H and O–H groups in total. The Bertz CT molecular complexity index is 287. The van der Waals surface area contributed by atoms with Crippen LogP contribution < -0.4 is 0 Å². The number of rotatable bonds is 1. The normalized spacial score (nSPS) is 9.58. The summed E-state index contributed by atoms with van der Waals surface area (Å²) in [5.74, 6) is -0.346. The van der Waals surface area contributed by atoms with Crippen molar-refractivity contribution in [3.05, 3.63) is 40.7 Å². The van der Waals surface area contributed by atoms with E-state index in [2.05, 4.69) is 27.6 Å². The van der Waals surface area contributed by atoms with Crippen molar-refractivity contribution >= 4 is 21.9 Å². The number of hydrogen-bond donors (Lipinski definition) is 0. The van der Waals surface area contributed by atoms with E-state index < -0.39 is 0 Å². The Morgan fingerprint density at radius 1 is 1.50 bits per heavy atom. The van der Waals surface area contributed by atoms with Gasteiger partial charge in [0.15, 0.2) is 0 Å². The van der Waals surface area contributed by atoms with Crippen molar-refractivity contribution in [2.45, 2.75) is 0 Å². The maximum absolute atomic E-state index is 11.0. The zero-order valence-corrected chi connectivity index (χ0v) is 8.22. The monoisotopic (exact) mass is 227 g/mol. The molecule has 1 aromatic carbocycles. The van der Waals surface area contributed by atoms with E-state index in [0.717, 1.165) is 10.0 Å². The van der Waals surface area contributed by atoms with Gasteiger partial charge in [-0.1, -0.05) is 15.9 Å². The molecule has 0 bridgehead atoms. The predicted molar refractivity (Wildman–Crippen MR) is 49.9 cm³/mol. The van der Waals surface area contributed by atoms with Crippen molar-refractivity contribution in [2.75, 3.05) is 7.11 Å². The summed E-state index contributed by atoms with van der Waals surface area (Å²) in [6.07, 6.45) is 0. The number of benzene rings is 1. The third-order valence-corrected chi connectivity index (χ3v) is 1.84. The Morgan fingerprint density at radius 3 is 2.67 bits per heavy atom. The molecule has 0 aromatic heterocycles. The quantitative estimate of drug-likeness (QED) is 0.690. The highest BCUT2D eigenvalue weighted by atomic mass is 79.9. The van der Waals surface area contributed by atoms with Crippen LogP contribution in [-0.2, 0) is 4.74 Å². The third kappa shape index (κ3) is 2.08. The van der Waals surface area contributed by atoms with Crippen molar-refractivity contribution in [3.8, 4) is 0 Å². The Labute approximate surface area is 79.7 Å². The van der Waals surface area contributed by atoms with Gasteiger partial charge in [-0.25, -0.2) is 4.79 Å². The molecule has 2 nitrogen and oxygen atoms in total. The summed E-state index contributed by atoms with van der Waals surface area (Å²) in [5.41, 5.74) is 1.29. The SMILES string of the molecule is [CH2]c1cc(Br)cc(C(=O)OC)c1. The largest absolute Gasteiger partial charge is 0.465 e. The first-order chi connectivity index (χ1) is 5.63. The molecule has 1 aromatic rings. The molecule has 0 amide bonds. The minimum absolute atomic E-state index is 0.346. The first-order valence-electron chi connectivity index (χ1n) is 3.34. The fraction of sp³-hybridized carbons (Fsp3) is 0.111. The van der Waals surface area contributed by atoms with Gasteiger partial charge in [-0.2, -0.15) is 0 Å². The van der Waals surface area contributed by atoms with E-state index in [9.17, 15) is 4.79 Å². The molecule has 0 unspecified atom stereocenters. The number of methoxy groups -OCH3 is 1. The van der Waals surface area contributed by atoms with Crippen LogP contribution in [0.4, 0.5) is 0 Å². The minimum atomic E-state index is -0.346. The van der Waals surface area contributed by atoms with Gasteiger partial charge in [-0.15, -0.1) is 0 Å². The zero-order chi connectivity index (χ0) is 9.14. The van der Waals surface area contributed by atoms with Gasteiger partial charge in [0, 0.05) is 4.47 Å². The molecule has 0 aliphatic carbocycles. The van der Waals surface area contributed by atoms with Crippen molar-refractivity contribution in [1.29, 1.82) is 0 Å². The van der Waals surface area contributed by atoms with Crippen LogP contribution in [0.2, 0.25) is 0 Å². The minimum Gasteiger partial charge on any atom is -0.465 e. The average molecular weight is 228 g/mol. The molecule has 0 aliphatic heterocycles. The molecule has 1 radical (unpaired) electrons. The lowest BCUT2D eigenvalue weighted by molar-refractivity contribution is 0.0600. The van der Waals surface area contributed by atoms with Crippen molar-refractivity contribution in [1.82, 2.24) is 0 Å². The predicted octanol–water partition coefficient (Wildman–Crippen LogP) is 2.42. The van der Waals surface area contributed by atoms with E-state index in [4.69, 9.17) is 0 Å². The topological polar surface area (TPSA) is 26.3 Å². The fourth-order valence-corrected chi connectivity index (χ4v) is 1.43. The fourth-order valence-electron chi connectivity index (χ4n) is 0.886. The molecule has 0 aliphatic rings. The van der Waals surface area contributed by atoms with Gasteiger partial charge in [-0.05, 0) is 30.7 Å². The van der Waals surface area contributed by atoms with Crippen LogP contribution in [0.5, 0.6) is 0 Å². The second-order valence-corrected chi connectivity index (χ2v) is 3.26. The van der Waals surface area contributed by atoms with Crippen molar-refractivity contribution in [3.63, 3.8) is 0 Å². The maximum Gasteiger partial charge on any atom is 0.337 e. The number of carbonyl (C=O) groups excluding carboxylic acids is 1. The summed E-state index contributed by atoms with van der Waals surface area (Å²) in [5, 5.41) is 0.